The lowest BCUT2D eigenvalue weighted by atomic mass is 9.76. The van der Waals surface area contributed by atoms with Gasteiger partial charge >= 0.3 is 0 Å². The Labute approximate surface area is 120 Å². The van der Waals surface area contributed by atoms with Gasteiger partial charge in [0.25, 0.3) is 0 Å². The van der Waals surface area contributed by atoms with Crippen molar-refractivity contribution in [3.05, 3.63) is 30.1 Å². The molecule has 0 atom stereocenters. The van der Waals surface area contributed by atoms with Crippen LogP contribution in [0.15, 0.2) is 24.4 Å². The minimum atomic E-state index is -0.608. The fourth-order valence-electron chi connectivity index (χ4n) is 3.00. The third-order valence-electron chi connectivity index (χ3n) is 4.07. The molecule has 0 unspecified atom stereocenters. The van der Waals surface area contributed by atoms with E-state index in [9.17, 15) is 9.59 Å². The monoisotopic (exact) mass is 273 g/mol. The highest BCUT2D eigenvalue weighted by molar-refractivity contribution is 6.09. The van der Waals surface area contributed by atoms with Crippen LogP contribution in [0.3, 0.4) is 0 Å². The number of carbonyl (C=O) groups excluding carboxylic acids is 2. The molecule has 1 aliphatic carbocycles. The van der Waals surface area contributed by atoms with Crippen LogP contribution in [0.25, 0.3) is 0 Å². The van der Waals surface area contributed by atoms with Crippen LogP contribution >= 0.6 is 0 Å². The van der Waals surface area contributed by atoms with E-state index in [-0.39, 0.29) is 17.5 Å². The fourth-order valence-corrected chi connectivity index (χ4v) is 3.00. The van der Waals surface area contributed by atoms with Crippen molar-refractivity contribution in [2.45, 2.75) is 57.8 Å². The summed E-state index contributed by atoms with van der Waals surface area (Å²) in [7, 11) is 0. The van der Waals surface area contributed by atoms with E-state index in [0.717, 1.165) is 12.8 Å². The fraction of sp³-hybridized carbons (Fsp3) is 0.588. The summed E-state index contributed by atoms with van der Waals surface area (Å²) in [6.07, 6.45) is 8.53. The van der Waals surface area contributed by atoms with Gasteiger partial charge in [-0.15, -0.1) is 0 Å². The van der Waals surface area contributed by atoms with Crippen LogP contribution in [0.1, 0.15) is 63.5 Å². The second-order valence-electron chi connectivity index (χ2n) is 5.74. The Morgan fingerprint density at radius 2 is 1.85 bits per heavy atom. The largest absolute Gasteiger partial charge is 0.298 e. The molecular weight excluding hydrogens is 250 g/mol. The summed E-state index contributed by atoms with van der Waals surface area (Å²) < 4.78 is 0. The smallest absolute Gasteiger partial charge is 0.149 e. The summed E-state index contributed by atoms with van der Waals surface area (Å²) in [6, 6.07) is 5.42. The van der Waals surface area contributed by atoms with Gasteiger partial charge in [-0.25, -0.2) is 0 Å². The first-order valence-electron chi connectivity index (χ1n) is 7.68. The van der Waals surface area contributed by atoms with Gasteiger partial charge in [0.05, 0.1) is 5.69 Å². The summed E-state index contributed by atoms with van der Waals surface area (Å²) in [5.74, 6) is -0.240. The number of pyridine rings is 1. The molecule has 0 saturated heterocycles. The number of aromatic nitrogens is 1. The zero-order valence-corrected chi connectivity index (χ0v) is 12.2. The van der Waals surface area contributed by atoms with Crippen molar-refractivity contribution >= 4 is 11.6 Å². The van der Waals surface area contributed by atoms with Crippen LogP contribution in [0.2, 0.25) is 0 Å². The third-order valence-corrected chi connectivity index (χ3v) is 4.07. The Bertz CT molecular complexity index is 437. The average Bonchev–Trinajstić information content (AvgIpc) is 2.44. The number of hydrogen-bond donors (Lipinski definition) is 0. The minimum absolute atomic E-state index is 0.0560. The summed E-state index contributed by atoms with van der Waals surface area (Å²) in [5, 5.41) is 0. The molecule has 0 spiro atoms. The highest BCUT2D eigenvalue weighted by atomic mass is 16.2. The summed E-state index contributed by atoms with van der Waals surface area (Å²) in [4.78, 5) is 28.7. The van der Waals surface area contributed by atoms with Crippen LogP contribution < -0.4 is 0 Å². The molecule has 1 saturated carbocycles. The van der Waals surface area contributed by atoms with Gasteiger partial charge in [0, 0.05) is 19.0 Å². The maximum absolute atomic E-state index is 12.2. The predicted molar refractivity (Wildman–Crippen MR) is 78.5 cm³/mol. The summed E-state index contributed by atoms with van der Waals surface area (Å²) in [5.41, 5.74) is 0.618. The lowest BCUT2D eigenvalue weighted by molar-refractivity contribution is -0.133. The molecule has 3 heteroatoms. The van der Waals surface area contributed by atoms with Gasteiger partial charge in [-0.2, -0.15) is 0 Å². The molecule has 0 N–H and O–H groups in total. The van der Waals surface area contributed by atoms with E-state index in [1.165, 1.54) is 19.3 Å². The minimum Gasteiger partial charge on any atom is -0.298 e. The van der Waals surface area contributed by atoms with Gasteiger partial charge in [-0.05, 0) is 24.5 Å². The maximum atomic E-state index is 12.2. The molecule has 1 aromatic rings. The molecule has 108 valence electrons. The van der Waals surface area contributed by atoms with E-state index in [0.29, 0.717) is 18.5 Å². The molecule has 3 nitrogen and oxygen atoms in total. The van der Waals surface area contributed by atoms with E-state index in [1.54, 1.807) is 18.3 Å². The number of rotatable bonds is 6. The van der Waals surface area contributed by atoms with Crippen LogP contribution in [-0.4, -0.2) is 16.6 Å². The first kappa shape index (κ1) is 14.9. The lowest BCUT2D eigenvalue weighted by Crippen LogP contribution is -2.32. The summed E-state index contributed by atoms with van der Waals surface area (Å²) >= 11 is 0. The Kier molecular flexibility index (Phi) is 5.45. The number of hydrogen-bond acceptors (Lipinski definition) is 3. The van der Waals surface area contributed by atoms with Gasteiger partial charge in [-0.3, -0.25) is 14.6 Å². The van der Waals surface area contributed by atoms with Gasteiger partial charge in [0.1, 0.15) is 17.5 Å². The van der Waals surface area contributed by atoms with E-state index in [4.69, 9.17) is 0 Å². The molecule has 0 radical (unpaired) electrons. The van der Waals surface area contributed by atoms with Crippen molar-refractivity contribution in [2.75, 3.05) is 0 Å². The standard InChI is InChI=1S/C17H23NO2/c1-2-3-4-5-8-13-11-15(19)17(16(20)12-13)14-9-6-7-10-18-14/h6-7,9-10,13,17H,2-5,8,11-12H2,1H3. The first-order chi connectivity index (χ1) is 9.72. The molecule has 1 heterocycles. The van der Waals surface area contributed by atoms with Crippen molar-refractivity contribution in [1.29, 1.82) is 0 Å². The molecule has 0 amide bonds. The molecule has 1 aliphatic rings. The van der Waals surface area contributed by atoms with Crippen LogP contribution in [0.4, 0.5) is 0 Å². The lowest BCUT2D eigenvalue weighted by Gasteiger charge is -2.26. The Hall–Kier alpha value is -1.51. The van der Waals surface area contributed by atoms with Crippen molar-refractivity contribution in [3.63, 3.8) is 0 Å². The first-order valence-corrected chi connectivity index (χ1v) is 7.68. The molecular formula is C17H23NO2. The SMILES string of the molecule is CCCCCCC1CC(=O)C(c2ccccn2)C(=O)C1. The Morgan fingerprint density at radius 3 is 2.45 bits per heavy atom. The second kappa shape index (κ2) is 7.32. The van der Waals surface area contributed by atoms with Crippen molar-refractivity contribution in [2.24, 2.45) is 5.92 Å². The van der Waals surface area contributed by atoms with Gasteiger partial charge < -0.3 is 0 Å². The zero-order chi connectivity index (χ0) is 14.4. The second-order valence-corrected chi connectivity index (χ2v) is 5.74. The highest BCUT2D eigenvalue weighted by Gasteiger charge is 2.36. The van der Waals surface area contributed by atoms with Gasteiger partial charge in [0.2, 0.25) is 0 Å². The molecule has 20 heavy (non-hydrogen) atoms. The summed E-state index contributed by atoms with van der Waals surface area (Å²) in [6.45, 7) is 2.19. The van der Waals surface area contributed by atoms with E-state index in [1.807, 2.05) is 6.07 Å². The molecule has 2 rings (SSSR count). The molecule has 1 aromatic heterocycles. The van der Waals surface area contributed by atoms with Crippen LogP contribution in [0.5, 0.6) is 0 Å². The van der Waals surface area contributed by atoms with Crippen molar-refractivity contribution in [3.8, 4) is 0 Å². The number of nitrogens with zero attached hydrogens (tertiary/aromatic N) is 1. The Morgan fingerprint density at radius 1 is 1.10 bits per heavy atom. The quantitative estimate of drug-likeness (QED) is 0.586. The topological polar surface area (TPSA) is 47.0 Å². The average molecular weight is 273 g/mol. The van der Waals surface area contributed by atoms with E-state index < -0.39 is 5.92 Å². The number of ketones is 2. The number of unbranched alkanes of at least 4 members (excludes halogenated alkanes) is 3. The number of Topliss-reactive ketones (excluding diaryl/α,β-unsaturated/α-hetero) is 2. The zero-order valence-electron chi connectivity index (χ0n) is 12.2. The van der Waals surface area contributed by atoms with E-state index in [2.05, 4.69) is 11.9 Å². The Balaban J connectivity index is 1.92. The van der Waals surface area contributed by atoms with Gasteiger partial charge in [0.15, 0.2) is 0 Å². The third kappa shape index (κ3) is 3.75. The molecule has 0 aliphatic heterocycles. The molecule has 1 fully saturated rings. The molecule has 0 aromatic carbocycles. The van der Waals surface area contributed by atoms with Crippen molar-refractivity contribution in [1.82, 2.24) is 4.98 Å². The predicted octanol–water partition coefficient (Wildman–Crippen LogP) is 3.68. The van der Waals surface area contributed by atoms with Crippen molar-refractivity contribution < 1.29 is 9.59 Å². The maximum Gasteiger partial charge on any atom is 0.149 e. The van der Waals surface area contributed by atoms with E-state index >= 15 is 0 Å². The van der Waals surface area contributed by atoms with Crippen LogP contribution in [0, 0.1) is 5.92 Å². The number of carbonyl (C=O) groups is 2. The molecule has 0 bridgehead atoms. The normalized spacial score (nSPS) is 23.1. The van der Waals surface area contributed by atoms with Crippen LogP contribution in [-0.2, 0) is 9.59 Å². The van der Waals surface area contributed by atoms with Gasteiger partial charge in [-0.1, -0.05) is 38.7 Å². The highest BCUT2D eigenvalue weighted by Crippen LogP contribution is 2.32.